The molecule has 1 heterocycles. The smallest absolute Gasteiger partial charge is 0.329 e. The van der Waals surface area contributed by atoms with Crippen LogP contribution in [-0.4, -0.2) is 32.0 Å². The van der Waals surface area contributed by atoms with Crippen LogP contribution in [-0.2, 0) is 4.79 Å². The van der Waals surface area contributed by atoms with E-state index in [1.54, 1.807) is 24.3 Å². The number of rotatable bonds is 6. The van der Waals surface area contributed by atoms with E-state index in [2.05, 4.69) is 20.6 Å². The monoisotopic (exact) mass is 391 g/mol. The second kappa shape index (κ2) is 8.17. The molecule has 3 N–H and O–H groups in total. The SMILES string of the molecule is O=C(O)[C@H]1CC[C@@H](Nc2nc(Nc3ccc(Cl)cc3)ncc2[N+](=O)[O-])CC1. The molecule has 1 aromatic heterocycles. The van der Waals surface area contributed by atoms with Crippen molar-refractivity contribution in [2.75, 3.05) is 10.6 Å². The predicted octanol–water partition coefficient (Wildman–Crippen LogP) is 3.84. The van der Waals surface area contributed by atoms with E-state index in [4.69, 9.17) is 16.7 Å². The summed E-state index contributed by atoms with van der Waals surface area (Å²) in [5.74, 6) is -0.823. The van der Waals surface area contributed by atoms with Crippen molar-refractivity contribution in [1.82, 2.24) is 9.97 Å². The number of anilines is 3. The van der Waals surface area contributed by atoms with Crippen LogP contribution >= 0.6 is 11.6 Å². The number of hydrogen-bond donors (Lipinski definition) is 3. The van der Waals surface area contributed by atoms with Crippen LogP contribution in [0.3, 0.4) is 0 Å². The van der Waals surface area contributed by atoms with Crippen LogP contribution in [0, 0.1) is 16.0 Å². The molecule has 0 radical (unpaired) electrons. The van der Waals surface area contributed by atoms with Crippen LogP contribution in [0.5, 0.6) is 0 Å². The zero-order valence-electron chi connectivity index (χ0n) is 14.3. The van der Waals surface area contributed by atoms with E-state index in [9.17, 15) is 14.9 Å². The molecule has 1 saturated carbocycles. The van der Waals surface area contributed by atoms with Gasteiger partial charge in [-0.2, -0.15) is 4.98 Å². The van der Waals surface area contributed by atoms with E-state index in [0.29, 0.717) is 36.4 Å². The molecule has 1 aliphatic rings. The van der Waals surface area contributed by atoms with E-state index in [1.165, 1.54) is 0 Å². The molecular formula is C17H18ClN5O4. The van der Waals surface area contributed by atoms with Gasteiger partial charge in [0.2, 0.25) is 11.8 Å². The number of nitrogens with one attached hydrogen (secondary N) is 2. The molecule has 0 unspecified atom stereocenters. The van der Waals surface area contributed by atoms with Gasteiger partial charge in [0.25, 0.3) is 0 Å². The largest absolute Gasteiger partial charge is 0.481 e. The van der Waals surface area contributed by atoms with Gasteiger partial charge in [-0.1, -0.05) is 11.6 Å². The Morgan fingerprint density at radius 3 is 2.48 bits per heavy atom. The summed E-state index contributed by atoms with van der Waals surface area (Å²) in [6.07, 6.45) is 3.43. The van der Waals surface area contributed by atoms with Crippen LogP contribution < -0.4 is 10.6 Å². The maximum atomic E-state index is 11.3. The molecule has 0 amide bonds. The lowest BCUT2D eigenvalue weighted by atomic mass is 9.86. The molecule has 3 rings (SSSR count). The van der Waals surface area contributed by atoms with Gasteiger partial charge >= 0.3 is 11.7 Å². The van der Waals surface area contributed by atoms with Gasteiger partial charge in [-0.05, 0) is 49.9 Å². The fourth-order valence-corrected chi connectivity index (χ4v) is 3.14. The Morgan fingerprint density at radius 1 is 1.22 bits per heavy atom. The standard InChI is InChI=1S/C17H18ClN5O4/c18-11-3-7-13(8-4-11)21-17-19-9-14(23(26)27)15(22-17)20-12-5-1-10(2-6-12)16(24)25/h3-4,7-10,12H,1-2,5-6H2,(H,24,25)(H2,19,20,21,22)/t10-,12+. The number of carbonyl (C=O) groups is 1. The van der Waals surface area contributed by atoms with Crippen molar-refractivity contribution < 1.29 is 14.8 Å². The third-order valence-corrected chi connectivity index (χ3v) is 4.74. The highest BCUT2D eigenvalue weighted by Crippen LogP contribution is 2.30. The van der Waals surface area contributed by atoms with Crippen LogP contribution in [0.2, 0.25) is 5.02 Å². The summed E-state index contributed by atoms with van der Waals surface area (Å²) in [5, 5.41) is 27.0. The number of halogens is 1. The number of aromatic nitrogens is 2. The molecule has 1 aromatic carbocycles. The summed E-state index contributed by atoms with van der Waals surface area (Å²) < 4.78 is 0. The van der Waals surface area contributed by atoms with E-state index >= 15 is 0 Å². The Balaban J connectivity index is 1.75. The number of nitro groups is 1. The highest BCUT2D eigenvalue weighted by atomic mass is 35.5. The Hall–Kier alpha value is -2.94. The molecule has 10 heteroatoms. The summed E-state index contributed by atoms with van der Waals surface area (Å²) in [6.45, 7) is 0. The molecule has 9 nitrogen and oxygen atoms in total. The lowest BCUT2D eigenvalue weighted by molar-refractivity contribution is -0.384. The second-order valence-corrected chi connectivity index (χ2v) is 6.78. The molecule has 27 heavy (non-hydrogen) atoms. The van der Waals surface area contributed by atoms with Gasteiger partial charge in [0.1, 0.15) is 6.20 Å². The number of benzene rings is 1. The van der Waals surface area contributed by atoms with Gasteiger partial charge in [-0.15, -0.1) is 0 Å². The van der Waals surface area contributed by atoms with Crippen molar-refractivity contribution in [1.29, 1.82) is 0 Å². The minimum absolute atomic E-state index is 0.0717. The van der Waals surface area contributed by atoms with Crippen molar-refractivity contribution in [3.63, 3.8) is 0 Å². The number of carboxylic acids is 1. The van der Waals surface area contributed by atoms with Crippen LogP contribution in [0.1, 0.15) is 25.7 Å². The molecule has 2 aromatic rings. The first-order valence-corrected chi connectivity index (χ1v) is 8.83. The maximum Gasteiger partial charge on any atom is 0.329 e. The normalized spacial score (nSPS) is 19.3. The second-order valence-electron chi connectivity index (χ2n) is 6.35. The lowest BCUT2D eigenvalue weighted by Gasteiger charge is -2.27. The van der Waals surface area contributed by atoms with Gasteiger partial charge in [0.05, 0.1) is 10.8 Å². The summed E-state index contributed by atoms with van der Waals surface area (Å²) in [7, 11) is 0. The van der Waals surface area contributed by atoms with E-state index < -0.39 is 10.9 Å². The van der Waals surface area contributed by atoms with Gasteiger partial charge < -0.3 is 15.7 Å². The molecule has 1 fully saturated rings. The fourth-order valence-electron chi connectivity index (χ4n) is 3.02. The first-order chi connectivity index (χ1) is 12.9. The minimum Gasteiger partial charge on any atom is -0.481 e. The minimum atomic E-state index is -0.795. The molecule has 0 atom stereocenters. The molecule has 0 bridgehead atoms. The zero-order valence-corrected chi connectivity index (χ0v) is 15.0. The summed E-state index contributed by atoms with van der Waals surface area (Å²) in [4.78, 5) is 30.0. The first-order valence-electron chi connectivity index (χ1n) is 8.45. The average Bonchev–Trinajstić information content (AvgIpc) is 2.64. The Bertz CT molecular complexity index is 838. The number of carboxylic acid groups (broad SMARTS) is 1. The molecule has 1 aliphatic carbocycles. The van der Waals surface area contributed by atoms with Crippen LogP contribution in [0.25, 0.3) is 0 Å². The first kappa shape index (κ1) is 18.8. The highest BCUT2D eigenvalue weighted by Gasteiger charge is 2.28. The average molecular weight is 392 g/mol. The topological polar surface area (TPSA) is 130 Å². The van der Waals surface area contributed by atoms with Crippen molar-refractivity contribution in [2.45, 2.75) is 31.7 Å². The Labute approximate surface area is 159 Å². The Morgan fingerprint density at radius 2 is 1.89 bits per heavy atom. The van der Waals surface area contributed by atoms with E-state index in [0.717, 1.165) is 6.20 Å². The van der Waals surface area contributed by atoms with Crippen molar-refractivity contribution in [2.24, 2.45) is 5.92 Å². The number of hydrogen-bond acceptors (Lipinski definition) is 7. The molecule has 0 spiro atoms. The molecular weight excluding hydrogens is 374 g/mol. The van der Waals surface area contributed by atoms with Gasteiger partial charge in [0.15, 0.2) is 0 Å². The quantitative estimate of drug-likeness (QED) is 0.500. The van der Waals surface area contributed by atoms with Crippen molar-refractivity contribution in [3.05, 3.63) is 45.6 Å². The predicted molar refractivity (Wildman–Crippen MR) is 100 cm³/mol. The number of aliphatic carboxylic acids is 1. The Kier molecular flexibility index (Phi) is 5.70. The highest BCUT2D eigenvalue weighted by molar-refractivity contribution is 6.30. The lowest BCUT2D eigenvalue weighted by Crippen LogP contribution is -2.29. The number of nitrogens with zero attached hydrogens (tertiary/aromatic N) is 3. The molecule has 0 aliphatic heterocycles. The van der Waals surface area contributed by atoms with E-state index in [1.807, 2.05) is 0 Å². The van der Waals surface area contributed by atoms with Crippen LogP contribution in [0.15, 0.2) is 30.5 Å². The van der Waals surface area contributed by atoms with Crippen molar-refractivity contribution in [3.8, 4) is 0 Å². The van der Waals surface area contributed by atoms with Gasteiger partial charge in [-0.25, -0.2) is 4.98 Å². The summed E-state index contributed by atoms with van der Waals surface area (Å²) in [5.41, 5.74) is 0.471. The molecule has 0 saturated heterocycles. The van der Waals surface area contributed by atoms with Crippen molar-refractivity contribution >= 4 is 40.7 Å². The zero-order chi connectivity index (χ0) is 19.4. The third-order valence-electron chi connectivity index (χ3n) is 4.48. The summed E-state index contributed by atoms with van der Waals surface area (Å²) >= 11 is 5.85. The molecule has 142 valence electrons. The van der Waals surface area contributed by atoms with Gasteiger partial charge in [-0.3, -0.25) is 14.9 Å². The third kappa shape index (κ3) is 4.82. The summed E-state index contributed by atoms with van der Waals surface area (Å²) in [6, 6.07) is 6.82. The maximum absolute atomic E-state index is 11.3. The van der Waals surface area contributed by atoms with Crippen LogP contribution in [0.4, 0.5) is 23.1 Å². The van der Waals surface area contributed by atoms with E-state index in [-0.39, 0.29) is 29.4 Å². The fraction of sp³-hybridized carbons (Fsp3) is 0.353. The van der Waals surface area contributed by atoms with Gasteiger partial charge in [0, 0.05) is 16.8 Å².